The van der Waals surface area contributed by atoms with Crippen molar-refractivity contribution in [3.63, 3.8) is 0 Å². The summed E-state index contributed by atoms with van der Waals surface area (Å²) < 4.78 is 11.1. The molecule has 2 amide bonds. The Kier molecular flexibility index (Phi) is 4.06. The van der Waals surface area contributed by atoms with Crippen molar-refractivity contribution in [1.82, 2.24) is 5.32 Å². The topological polar surface area (TPSA) is 90.7 Å². The van der Waals surface area contributed by atoms with Crippen LogP contribution in [-0.4, -0.2) is 30.6 Å². The van der Waals surface area contributed by atoms with Gasteiger partial charge in [0, 0.05) is 0 Å². The third-order valence-electron chi connectivity index (χ3n) is 3.24. The molecular formula is C15H20N2O4. The molecule has 0 radical (unpaired) electrons. The molecule has 114 valence electrons. The molecule has 1 heterocycles. The van der Waals surface area contributed by atoms with Gasteiger partial charge < -0.3 is 20.5 Å². The van der Waals surface area contributed by atoms with E-state index in [1.807, 2.05) is 26.8 Å². The van der Waals surface area contributed by atoms with Crippen molar-refractivity contribution < 1.29 is 19.1 Å². The van der Waals surface area contributed by atoms with Crippen LogP contribution in [0.15, 0.2) is 24.3 Å². The van der Waals surface area contributed by atoms with Crippen molar-refractivity contribution in [3.05, 3.63) is 24.3 Å². The quantitative estimate of drug-likeness (QED) is 0.864. The molecule has 2 rings (SSSR count). The highest BCUT2D eigenvalue weighted by Gasteiger charge is 2.35. The summed E-state index contributed by atoms with van der Waals surface area (Å²) in [5.41, 5.74) is 4.87. The summed E-state index contributed by atoms with van der Waals surface area (Å²) in [6.07, 6.45) is -0.802. The number of nitrogens with two attached hydrogens (primary N) is 1. The van der Waals surface area contributed by atoms with E-state index in [1.165, 1.54) is 0 Å². The Hall–Kier alpha value is -2.24. The number of rotatable bonds is 3. The molecule has 3 N–H and O–H groups in total. The SMILES string of the molecule is CC(C)(C)C(NC(=O)C1COc2ccccc2O1)C(N)=O. The second-order valence-corrected chi connectivity index (χ2v) is 6.07. The first-order valence-electron chi connectivity index (χ1n) is 6.77. The monoisotopic (exact) mass is 292 g/mol. The van der Waals surface area contributed by atoms with Crippen LogP contribution in [0.25, 0.3) is 0 Å². The van der Waals surface area contributed by atoms with Crippen LogP contribution in [0.5, 0.6) is 11.5 Å². The Morgan fingerprint density at radius 2 is 1.90 bits per heavy atom. The van der Waals surface area contributed by atoms with E-state index in [0.29, 0.717) is 11.5 Å². The summed E-state index contributed by atoms with van der Waals surface area (Å²) in [4.78, 5) is 23.7. The lowest BCUT2D eigenvalue weighted by molar-refractivity contribution is -0.135. The van der Waals surface area contributed by atoms with Gasteiger partial charge in [-0.25, -0.2) is 0 Å². The van der Waals surface area contributed by atoms with Crippen LogP contribution in [0.3, 0.4) is 0 Å². The molecule has 1 aromatic rings. The zero-order chi connectivity index (χ0) is 15.6. The van der Waals surface area contributed by atoms with E-state index in [2.05, 4.69) is 5.32 Å². The van der Waals surface area contributed by atoms with Gasteiger partial charge in [0.15, 0.2) is 11.5 Å². The van der Waals surface area contributed by atoms with Crippen LogP contribution < -0.4 is 20.5 Å². The first-order valence-corrected chi connectivity index (χ1v) is 6.77. The predicted molar refractivity (Wildman–Crippen MR) is 76.9 cm³/mol. The van der Waals surface area contributed by atoms with Gasteiger partial charge in [0.25, 0.3) is 5.91 Å². The normalized spacial score (nSPS) is 18.7. The fourth-order valence-corrected chi connectivity index (χ4v) is 2.10. The van der Waals surface area contributed by atoms with Gasteiger partial charge in [-0.1, -0.05) is 32.9 Å². The van der Waals surface area contributed by atoms with E-state index >= 15 is 0 Å². The first kappa shape index (κ1) is 15.2. The van der Waals surface area contributed by atoms with E-state index in [4.69, 9.17) is 15.2 Å². The molecule has 0 fully saturated rings. The van der Waals surface area contributed by atoms with Crippen LogP contribution in [0.1, 0.15) is 20.8 Å². The van der Waals surface area contributed by atoms with Gasteiger partial charge in [-0.3, -0.25) is 9.59 Å². The third-order valence-corrected chi connectivity index (χ3v) is 3.24. The summed E-state index contributed by atoms with van der Waals surface area (Å²) in [7, 11) is 0. The number of para-hydroxylation sites is 2. The average molecular weight is 292 g/mol. The van der Waals surface area contributed by atoms with E-state index in [1.54, 1.807) is 18.2 Å². The molecule has 1 aliphatic rings. The van der Waals surface area contributed by atoms with Gasteiger partial charge in [-0.15, -0.1) is 0 Å². The van der Waals surface area contributed by atoms with Crippen molar-refractivity contribution >= 4 is 11.8 Å². The molecule has 2 atom stereocenters. The maximum Gasteiger partial charge on any atom is 0.265 e. The Bertz CT molecular complexity index is 551. The van der Waals surface area contributed by atoms with Gasteiger partial charge in [0.1, 0.15) is 12.6 Å². The number of hydrogen-bond acceptors (Lipinski definition) is 4. The standard InChI is InChI=1S/C15H20N2O4/c1-15(2,3)12(13(16)18)17-14(19)11-8-20-9-6-4-5-7-10(9)21-11/h4-7,11-12H,8H2,1-3H3,(H2,16,18)(H,17,19). The predicted octanol–water partition coefficient (Wildman–Crippen LogP) is 0.843. The number of hydrogen-bond donors (Lipinski definition) is 2. The maximum atomic E-state index is 12.2. The minimum absolute atomic E-state index is 0.0957. The number of fused-ring (bicyclic) bond motifs is 1. The number of nitrogens with one attached hydrogen (secondary N) is 1. The third kappa shape index (κ3) is 3.45. The molecule has 0 saturated heterocycles. The minimum Gasteiger partial charge on any atom is -0.485 e. The summed E-state index contributed by atoms with van der Waals surface area (Å²) >= 11 is 0. The Balaban J connectivity index is 2.06. The largest absolute Gasteiger partial charge is 0.485 e. The van der Waals surface area contributed by atoms with Gasteiger partial charge in [-0.05, 0) is 17.5 Å². The summed E-state index contributed by atoms with van der Waals surface area (Å²) in [6.45, 7) is 5.58. The van der Waals surface area contributed by atoms with Gasteiger partial charge in [0.05, 0.1) is 0 Å². The van der Waals surface area contributed by atoms with Gasteiger partial charge >= 0.3 is 0 Å². The second-order valence-electron chi connectivity index (χ2n) is 6.07. The summed E-state index contributed by atoms with van der Waals surface area (Å²) in [6, 6.07) is 6.34. The number of amides is 2. The van der Waals surface area contributed by atoms with Crippen molar-refractivity contribution in [2.45, 2.75) is 32.9 Å². The Labute approximate surface area is 123 Å². The van der Waals surface area contributed by atoms with Crippen molar-refractivity contribution in [2.75, 3.05) is 6.61 Å². The lowest BCUT2D eigenvalue weighted by Crippen LogP contribution is -2.56. The second kappa shape index (κ2) is 5.63. The lowest BCUT2D eigenvalue weighted by Gasteiger charge is -2.31. The fraction of sp³-hybridized carbons (Fsp3) is 0.467. The minimum atomic E-state index is -0.802. The van der Waals surface area contributed by atoms with Crippen LogP contribution in [0.4, 0.5) is 0 Å². The van der Waals surface area contributed by atoms with Crippen molar-refractivity contribution in [2.24, 2.45) is 11.1 Å². The number of primary amides is 1. The average Bonchev–Trinajstić information content (AvgIpc) is 2.42. The van der Waals surface area contributed by atoms with Crippen LogP contribution in [0.2, 0.25) is 0 Å². The first-order chi connectivity index (χ1) is 9.79. The lowest BCUT2D eigenvalue weighted by atomic mass is 9.86. The summed E-state index contributed by atoms with van der Waals surface area (Å²) in [5, 5.41) is 2.64. The van der Waals surface area contributed by atoms with Gasteiger partial charge in [-0.2, -0.15) is 0 Å². The van der Waals surface area contributed by atoms with Gasteiger partial charge in [0.2, 0.25) is 12.0 Å². The Morgan fingerprint density at radius 3 is 2.48 bits per heavy atom. The smallest absolute Gasteiger partial charge is 0.265 e. The maximum absolute atomic E-state index is 12.2. The van der Waals surface area contributed by atoms with Crippen molar-refractivity contribution in [3.8, 4) is 11.5 Å². The Morgan fingerprint density at radius 1 is 1.29 bits per heavy atom. The molecular weight excluding hydrogens is 272 g/mol. The van der Waals surface area contributed by atoms with Crippen LogP contribution in [-0.2, 0) is 9.59 Å². The molecule has 0 spiro atoms. The number of benzene rings is 1. The van der Waals surface area contributed by atoms with Crippen LogP contribution in [0, 0.1) is 5.41 Å². The van der Waals surface area contributed by atoms with E-state index in [0.717, 1.165) is 0 Å². The molecule has 1 aromatic carbocycles. The number of carbonyl (C=O) groups is 2. The highest BCUT2D eigenvalue weighted by molar-refractivity contribution is 5.89. The highest BCUT2D eigenvalue weighted by atomic mass is 16.6. The van der Waals surface area contributed by atoms with E-state index in [-0.39, 0.29) is 6.61 Å². The van der Waals surface area contributed by atoms with E-state index in [9.17, 15) is 9.59 Å². The molecule has 21 heavy (non-hydrogen) atoms. The van der Waals surface area contributed by atoms with Crippen LogP contribution >= 0.6 is 0 Å². The molecule has 2 unspecified atom stereocenters. The summed E-state index contributed by atoms with van der Waals surface area (Å²) in [5.74, 6) is 0.121. The van der Waals surface area contributed by atoms with E-state index < -0.39 is 29.4 Å². The fourth-order valence-electron chi connectivity index (χ4n) is 2.10. The molecule has 0 saturated carbocycles. The number of carbonyl (C=O) groups excluding carboxylic acids is 2. The van der Waals surface area contributed by atoms with Crippen molar-refractivity contribution in [1.29, 1.82) is 0 Å². The zero-order valence-electron chi connectivity index (χ0n) is 12.4. The molecule has 0 bridgehead atoms. The molecule has 6 heteroatoms. The number of ether oxygens (including phenoxy) is 2. The molecule has 1 aliphatic heterocycles. The highest BCUT2D eigenvalue weighted by Crippen LogP contribution is 2.31. The molecule has 0 aliphatic carbocycles. The molecule has 6 nitrogen and oxygen atoms in total. The zero-order valence-corrected chi connectivity index (χ0v) is 12.4. The molecule has 0 aromatic heterocycles.